The molecule has 0 aromatic heterocycles. The maximum atomic E-state index is 12.2. The largest absolute Gasteiger partial charge is 0.481 e. The summed E-state index contributed by atoms with van der Waals surface area (Å²) in [6.07, 6.45) is 7.55. The lowest BCUT2D eigenvalue weighted by Gasteiger charge is -2.26. The van der Waals surface area contributed by atoms with Crippen LogP contribution in [0.1, 0.15) is 108 Å². The molecule has 4 heteroatoms. The van der Waals surface area contributed by atoms with Crippen LogP contribution in [0.4, 0.5) is 0 Å². The molecule has 4 nitrogen and oxygen atoms in total. The molecule has 2 N–H and O–H groups in total. The van der Waals surface area contributed by atoms with Crippen molar-refractivity contribution in [2.24, 2.45) is 11.8 Å². The first kappa shape index (κ1) is 25.2. The van der Waals surface area contributed by atoms with Crippen LogP contribution in [0.2, 0.25) is 0 Å². The second-order valence-electron chi connectivity index (χ2n) is 9.12. The Morgan fingerprint density at radius 3 is 1.90 bits per heavy atom. The van der Waals surface area contributed by atoms with E-state index in [-0.39, 0.29) is 11.8 Å². The van der Waals surface area contributed by atoms with Gasteiger partial charge in [0.15, 0.2) is 0 Å². The number of benzene rings is 1. The van der Waals surface area contributed by atoms with E-state index in [4.69, 9.17) is 0 Å². The van der Waals surface area contributed by atoms with Crippen molar-refractivity contribution in [3.63, 3.8) is 0 Å². The van der Waals surface area contributed by atoms with Gasteiger partial charge in [-0.1, -0.05) is 78.5 Å². The monoisotopic (exact) mass is 404 g/mol. The first-order valence-electron chi connectivity index (χ1n) is 11.3. The molecule has 1 rings (SSSR count). The Morgan fingerprint density at radius 1 is 0.828 bits per heavy atom. The highest BCUT2D eigenvalue weighted by atomic mass is 16.4. The van der Waals surface area contributed by atoms with Gasteiger partial charge in [0.05, 0.1) is 11.8 Å². The average molecular weight is 405 g/mol. The number of carboxylic acids is 2. The molecule has 0 saturated heterocycles. The van der Waals surface area contributed by atoms with Gasteiger partial charge in [0.1, 0.15) is 0 Å². The zero-order valence-electron chi connectivity index (χ0n) is 18.9. The van der Waals surface area contributed by atoms with Gasteiger partial charge in [-0.3, -0.25) is 9.59 Å². The number of unbranched alkanes of at least 4 members (excludes halogenated alkanes) is 4. The summed E-state index contributed by atoms with van der Waals surface area (Å²) in [7, 11) is 0. The van der Waals surface area contributed by atoms with Crippen molar-refractivity contribution in [3.8, 4) is 0 Å². The fraction of sp³-hybridized carbons (Fsp3) is 0.680. The minimum Gasteiger partial charge on any atom is -0.481 e. The number of carbonyl (C=O) groups is 2. The lowest BCUT2D eigenvalue weighted by molar-refractivity contribution is -0.140. The minimum atomic E-state index is -0.867. The first-order chi connectivity index (χ1) is 13.7. The zero-order valence-corrected chi connectivity index (χ0v) is 18.9. The summed E-state index contributed by atoms with van der Waals surface area (Å²) in [6.45, 7) is 10.2. The molecule has 0 saturated carbocycles. The van der Waals surface area contributed by atoms with Crippen LogP contribution in [-0.4, -0.2) is 22.2 Å². The molecular formula is C25H40O4. The molecule has 0 spiro atoms. The summed E-state index contributed by atoms with van der Waals surface area (Å²) in [4.78, 5) is 24.3. The molecule has 2 atom stereocenters. The predicted molar refractivity (Wildman–Crippen MR) is 119 cm³/mol. The van der Waals surface area contributed by atoms with Crippen molar-refractivity contribution in [2.75, 3.05) is 0 Å². The average Bonchev–Trinajstić information content (AvgIpc) is 2.63. The van der Waals surface area contributed by atoms with Gasteiger partial charge in [0.25, 0.3) is 0 Å². The quantitative estimate of drug-likeness (QED) is 0.341. The normalized spacial score (nSPS) is 13.6. The third-order valence-electron chi connectivity index (χ3n) is 5.51. The Balaban J connectivity index is 3.40. The van der Waals surface area contributed by atoms with Gasteiger partial charge in [-0.2, -0.15) is 0 Å². The van der Waals surface area contributed by atoms with Crippen LogP contribution >= 0.6 is 0 Å². The fourth-order valence-corrected chi connectivity index (χ4v) is 4.14. The molecule has 1 aromatic rings. The highest BCUT2D eigenvalue weighted by Gasteiger charge is 2.31. The maximum Gasteiger partial charge on any atom is 0.311 e. The van der Waals surface area contributed by atoms with Crippen molar-refractivity contribution in [1.29, 1.82) is 0 Å². The first-order valence-corrected chi connectivity index (χ1v) is 11.3. The molecule has 0 fully saturated rings. The molecule has 0 aliphatic rings. The van der Waals surface area contributed by atoms with Crippen LogP contribution in [0, 0.1) is 11.8 Å². The number of aryl methyl sites for hydroxylation is 1. The number of aliphatic carboxylic acids is 2. The molecule has 2 unspecified atom stereocenters. The summed E-state index contributed by atoms with van der Waals surface area (Å²) in [5.41, 5.74) is 2.48. The summed E-state index contributed by atoms with van der Waals surface area (Å²) in [5, 5.41) is 19.9. The van der Waals surface area contributed by atoms with Crippen LogP contribution in [0.15, 0.2) is 18.2 Å². The molecule has 0 bridgehead atoms. The van der Waals surface area contributed by atoms with E-state index in [0.717, 1.165) is 30.4 Å². The molecule has 29 heavy (non-hydrogen) atoms. The summed E-state index contributed by atoms with van der Waals surface area (Å²) in [6, 6.07) is 5.75. The van der Waals surface area contributed by atoms with Crippen LogP contribution < -0.4 is 0 Å². The highest BCUT2D eigenvalue weighted by Crippen LogP contribution is 2.37. The van der Waals surface area contributed by atoms with Crippen molar-refractivity contribution in [2.45, 2.75) is 97.8 Å². The number of carboxylic acid groups (broad SMARTS) is 2. The van der Waals surface area contributed by atoms with Gasteiger partial charge in [0, 0.05) is 0 Å². The molecule has 164 valence electrons. The number of rotatable bonds is 14. The minimum absolute atomic E-state index is 0.218. The third kappa shape index (κ3) is 8.20. The van der Waals surface area contributed by atoms with E-state index in [1.807, 2.05) is 45.9 Å². The van der Waals surface area contributed by atoms with Crippen LogP contribution in [0.5, 0.6) is 0 Å². The molecule has 0 heterocycles. The Labute approximate surface area is 176 Å². The Hall–Kier alpha value is -1.84. The fourth-order valence-electron chi connectivity index (χ4n) is 4.14. The summed E-state index contributed by atoms with van der Waals surface area (Å²) < 4.78 is 0. The lowest BCUT2D eigenvalue weighted by atomic mass is 9.78. The van der Waals surface area contributed by atoms with Gasteiger partial charge in [-0.15, -0.1) is 0 Å². The summed E-state index contributed by atoms with van der Waals surface area (Å²) in [5.74, 6) is -2.62. The molecule has 0 aliphatic heterocycles. The van der Waals surface area contributed by atoms with Crippen LogP contribution in [0.25, 0.3) is 0 Å². The zero-order chi connectivity index (χ0) is 22.0. The van der Waals surface area contributed by atoms with Gasteiger partial charge >= 0.3 is 11.9 Å². The Bertz CT molecular complexity index is 648. The van der Waals surface area contributed by atoms with Crippen LogP contribution in [0.3, 0.4) is 0 Å². The van der Waals surface area contributed by atoms with Gasteiger partial charge in [-0.05, 0) is 54.2 Å². The predicted octanol–water partition coefficient (Wildman–Crippen LogP) is 6.63. The third-order valence-corrected chi connectivity index (χ3v) is 5.51. The molecule has 0 amide bonds. The molecule has 0 aliphatic carbocycles. The van der Waals surface area contributed by atoms with E-state index in [0.29, 0.717) is 18.4 Å². The van der Waals surface area contributed by atoms with Gasteiger partial charge in [0.2, 0.25) is 0 Å². The second-order valence-corrected chi connectivity index (χ2v) is 9.12. The van der Waals surface area contributed by atoms with E-state index in [2.05, 4.69) is 6.92 Å². The molecular weight excluding hydrogens is 364 g/mol. The Morgan fingerprint density at radius 2 is 1.38 bits per heavy atom. The Kier molecular flexibility index (Phi) is 11.0. The maximum absolute atomic E-state index is 12.2. The number of hydrogen-bond acceptors (Lipinski definition) is 2. The lowest BCUT2D eigenvalue weighted by Crippen LogP contribution is -2.22. The van der Waals surface area contributed by atoms with Gasteiger partial charge in [-0.25, -0.2) is 0 Å². The molecule has 0 radical (unpaired) electrons. The summed E-state index contributed by atoms with van der Waals surface area (Å²) >= 11 is 0. The second kappa shape index (κ2) is 12.7. The highest BCUT2D eigenvalue weighted by molar-refractivity contribution is 5.81. The van der Waals surface area contributed by atoms with Crippen LogP contribution in [-0.2, 0) is 16.0 Å². The van der Waals surface area contributed by atoms with Crippen molar-refractivity contribution < 1.29 is 19.8 Å². The van der Waals surface area contributed by atoms with E-state index in [1.54, 1.807) is 0 Å². The standard InChI is InChI=1S/C25H40O4/c1-6-7-8-9-10-12-19-13-11-14-20(21(24(26)27)15-17(2)3)23(19)22(25(28)29)16-18(4)5/h11,13-14,17-18,21-22H,6-10,12,15-16H2,1-5H3,(H,26,27)(H,28,29). The number of hydrogen-bond donors (Lipinski definition) is 2. The topological polar surface area (TPSA) is 74.6 Å². The van der Waals surface area contributed by atoms with E-state index >= 15 is 0 Å². The van der Waals surface area contributed by atoms with Gasteiger partial charge < -0.3 is 10.2 Å². The smallest absolute Gasteiger partial charge is 0.311 e. The van der Waals surface area contributed by atoms with Crippen molar-refractivity contribution in [1.82, 2.24) is 0 Å². The molecule has 1 aromatic carbocycles. The van der Waals surface area contributed by atoms with Crippen molar-refractivity contribution >= 4 is 11.9 Å². The van der Waals surface area contributed by atoms with E-state index in [1.165, 1.54) is 19.3 Å². The van der Waals surface area contributed by atoms with E-state index in [9.17, 15) is 19.8 Å². The van der Waals surface area contributed by atoms with E-state index < -0.39 is 23.8 Å². The SMILES string of the molecule is CCCCCCCc1cccc(C(CC(C)C)C(=O)O)c1C(CC(C)C)C(=O)O. The van der Waals surface area contributed by atoms with Crippen molar-refractivity contribution in [3.05, 3.63) is 34.9 Å².